The molecule has 0 aromatic heterocycles. The summed E-state index contributed by atoms with van der Waals surface area (Å²) in [5.74, 6) is -3.78. The van der Waals surface area contributed by atoms with Gasteiger partial charge in [-0.25, -0.2) is 4.39 Å². The smallest absolute Gasteiger partial charge is 0.416 e. The molecule has 0 fully saturated rings. The quantitative estimate of drug-likeness (QED) is 0.832. The molecule has 1 aromatic carbocycles. The first-order valence-electron chi connectivity index (χ1n) is 5.03. The average Bonchev–Trinajstić information content (AvgIpc) is 2.27. The van der Waals surface area contributed by atoms with E-state index in [2.05, 4.69) is 0 Å². The third-order valence-corrected chi connectivity index (χ3v) is 2.26. The number of amides is 1. The fraction of sp³-hybridized carbons (Fsp3) is 0.273. The van der Waals surface area contributed by atoms with Gasteiger partial charge in [-0.15, -0.1) is 0 Å². The largest absolute Gasteiger partial charge is 0.480 e. The third kappa shape index (κ3) is 3.67. The van der Waals surface area contributed by atoms with Gasteiger partial charge < -0.3 is 10.4 Å². The van der Waals surface area contributed by atoms with Crippen LogP contribution >= 0.6 is 0 Å². The summed E-state index contributed by atoms with van der Waals surface area (Å²) >= 11 is 0. The van der Waals surface area contributed by atoms with E-state index in [1.54, 1.807) is 0 Å². The monoisotopic (exact) mass is 279 g/mol. The number of nitrogens with one attached hydrogen (secondary N) is 1. The van der Waals surface area contributed by atoms with Crippen molar-refractivity contribution >= 4 is 11.9 Å². The van der Waals surface area contributed by atoms with Gasteiger partial charge in [0.15, 0.2) is 0 Å². The molecular formula is C11H9F4NO3. The fourth-order valence-electron chi connectivity index (χ4n) is 1.21. The summed E-state index contributed by atoms with van der Waals surface area (Å²) in [4.78, 5) is 22.0. The zero-order chi connectivity index (χ0) is 14.8. The van der Waals surface area contributed by atoms with E-state index in [9.17, 15) is 27.2 Å². The number of halogens is 4. The van der Waals surface area contributed by atoms with Crippen molar-refractivity contribution in [3.05, 3.63) is 35.1 Å². The number of carboxylic acids is 1. The summed E-state index contributed by atoms with van der Waals surface area (Å²) < 4.78 is 50.5. The molecule has 2 N–H and O–H groups in total. The second-order valence-corrected chi connectivity index (χ2v) is 3.73. The summed E-state index contributed by atoms with van der Waals surface area (Å²) in [6.45, 7) is 1.10. The van der Waals surface area contributed by atoms with Crippen LogP contribution in [0.15, 0.2) is 18.2 Å². The lowest BCUT2D eigenvalue weighted by atomic mass is 10.1. The number of hydrogen-bond donors (Lipinski definition) is 2. The van der Waals surface area contributed by atoms with Crippen molar-refractivity contribution in [3.8, 4) is 0 Å². The highest BCUT2D eigenvalue weighted by molar-refractivity contribution is 5.96. The standard InChI is InChI=1S/C11H9F4NO3/c1-5(10(18)19)16-9(17)7-4-6(11(13,14)15)2-3-8(7)12/h2-5H,1H3,(H,16,17)(H,18,19)/t5-/m1/s1. The van der Waals surface area contributed by atoms with Gasteiger partial charge >= 0.3 is 12.1 Å². The van der Waals surface area contributed by atoms with E-state index in [4.69, 9.17) is 5.11 Å². The lowest BCUT2D eigenvalue weighted by molar-refractivity contribution is -0.139. The van der Waals surface area contributed by atoms with Crippen molar-refractivity contribution in [2.75, 3.05) is 0 Å². The van der Waals surface area contributed by atoms with Crippen LogP contribution in [0.25, 0.3) is 0 Å². The Bertz CT molecular complexity index is 513. The van der Waals surface area contributed by atoms with E-state index in [-0.39, 0.29) is 0 Å². The molecule has 1 rings (SSSR count). The van der Waals surface area contributed by atoms with Gasteiger partial charge in [-0.2, -0.15) is 13.2 Å². The number of benzene rings is 1. The van der Waals surface area contributed by atoms with Crippen LogP contribution in [-0.2, 0) is 11.0 Å². The number of carboxylic acid groups (broad SMARTS) is 1. The highest BCUT2D eigenvalue weighted by atomic mass is 19.4. The first-order valence-corrected chi connectivity index (χ1v) is 5.03. The summed E-state index contributed by atoms with van der Waals surface area (Å²) in [6.07, 6.45) is -4.72. The molecule has 0 unspecified atom stereocenters. The summed E-state index contributed by atoms with van der Waals surface area (Å²) in [5.41, 5.74) is -2.05. The Morgan fingerprint density at radius 2 is 1.89 bits per heavy atom. The van der Waals surface area contributed by atoms with E-state index in [0.29, 0.717) is 18.2 Å². The SMILES string of the molecule is C[C@@H](NC(=O)c1cc(C(F)(F)F)ccc1F)C(=O)O. The Morgan fingerprint density at radius 3 is 2.37 bits per heavy atom. The van der Waals surface area contributed by atoms with Crippen molar-refractivity contribution in [2.45, 2.75) is 19.1 Å². The predicted octanol–water partition coefficient (Wildman–Crippen LogP) is 2.05. The van der Waals surface area contributed by atoms with Crippen molar-refractivity contribution < 1.29 is 32.3 Å². The van der Waals surface area contributed by atoms with E-state index in [0.717, 1.165) is 6.92 Å². The van der Waals surface area contributed by atoms with E-state index in [1.807, 2.05) is 5.32 Å². The van der Waals surface area contributed by atoms with Crippen LogP contribution in [0.3, 0.4) is 0 Å². The van der Waals surface area contributed by atoms with Crippen LogP contribution < -0.4 is 5.32 Å². The Kier molecular flexibility index (Phi) is 4.13. The number of alkyl halides is 3. The van der Waals surface area contributed by atoms with Gasteiger partial charge in [0.05, 0.1) is 11.1 Å². The molecule has 104 valence electrons. The molecular weight excluding hydrogens is 270 g/mol. The normalized spacial score (nSPS) is 12.9. The predicted molar refractivity (Wildman–Crippen MR) is 56.0 cm³/mol. The molecule has 0 saturated carbocycles. The third-order valence-electron chi connectivity index (χ3n) is 2.26. The first kappa shape index (κ1) is 14.9. The molecule has 0 aliphatic carbocycles. The van der Waals surface area contributed by atoms with Gasteiger partial charge in [-0.3, -0.25) is 9.59 Å². The molecule has 0 bridgehead atoms. The van der Waals surface area contributed by atoms with Crippen molar-refractivity contribution in [1.29, 1.82) is 0 Å². The van der Waals surface area contributed by atoms with Crippen LogP contribution in [0.4, 0.5) is 17.6 Å². The van der Waals surface area contributed by atoms with Gasteiger partial charge in [0, 0.05) is 0 Å². The van der Waals surface area contributed by atoms with E-state index < -0.39 is 41.0 Å². The number of aliphatic carboxylic acids is 1. The highest BCUT2D eigenvalue weighted by Gasteiger charge is 2.32. The molecule has 1 aromatic rings. The molecule has 0 heterocycles. The van der Waals surface area contributed by atoms with Crippen molar-refractivity contribution in [1.82, 2.24) is 5.32 Å². The zero-order valence-corrected chi connectivity index (χ0v) is 9.58. The molecule has 1 amide bonds. The van der Waals surface area contributed by atoms with Crippen LogP contribution in [0.5, 0.6) is 0 Å². The Hall–Kier alpha value is -2.12. The maximum atomic E-state index is 13.3. The fourth-order valence-corrected chi connectivity index (χ4v) is 1.21. The summed E-state index contributed by atoms with van der Waals surface area (Å²) in [5, 5.41) is 10.4. The van der Waals surface area contributed by atoms with Gasteiger partial charge in [-0.05, 0) is 25.1 Å². The number of carbonyl (C=O) groups excluding carboxylic acids is 1. The lowest BCUT2D eigenvalue weighted by Gasteiger charge is -2.12. The molecule has 0 aliphatic rings. The lowest BCUT2D eigenvalue weighted by Crippen LogP contribution is -2.38. The topological polar surface area (TPSA) is 66.4 Å². The number of hydrogen-bond acceptors (Lipinski definition) is 2. The number of carbonyl (C=O) groups is 2. The molecule has 0 aliphatic heterocycles. The number of rotatable bonds is 3. The van der Waals surface area contributed by atoms with Gasteiger partial charge in [0.25, 0.3) is 5.91 Å². The molecule has 0 radical (unpaired) electrons. The molecule has 8 heteroatoms. The molecule has 1 atom stereocenters. The zero-order valence-electron chi connectivity index (χ0n) is 9.58. The van der Waals surface area contributed by atoms with E-state index >= 15 is 0 Å². The second-order valence-electron chi connectivity index (χ2n) is 3.73. The molecule has 4 nitrogen and oxygen atoms in total. The van der Waals surface area contributed by atoms with Crippen LogP contribution in [0, 0.1) is 5.82 Å². The van der Waals surface area contributed by atoms with Gasteiger partial charge in [-0.1, -0.05) is 0 Å². The molecule has 0 spiro atoms. The van der Waals surface area contributed by atoms with Crippen LogP contribution in [0.2, 0.25) is 0 Å². The minimum atomic E-state index is -4.72. The second kappa shape index (κ2) is 5.25. The van der Waals surface area contributed by atoms with E-state index in [1.165, 1.54) is 0 Å². The minimum Gasteiger partial charge on any atom is -0.480 e. The first-order chi connectivity index (χ1) is 8.62. The van der Waals surface area contributed by atoms with Crippen LogP contribution in [-0.4, -0.2) is 23.0 Å². The Balaban J connectivity index is 3.06. The highest BCUT2D eigenvalue weighted by Crippen LogP contribution is 2.30. The summed E-state index contributed by atoms with van der Waals surface area (Å²) in [7, 11) is 0. The van der Waals surface area contributed by atoms with Gasteiger partial charge in [0.1, 0.15) is 11.9 Å². The maximum absolute atomic E-state index is 13.3. The van der Waals surface area contributed by atoms with Gasteiger partial charge in [0.2, 0.25) is 0 Å². The Morgan fingerprint density at radius 1 is 1.32 bits per heavy atom. The molecule has 19 heavy (non-hydrogen) atoms. The van der Waals surface area contributed by atoms with Crippen LogP contribution in [0.1, 0.15) is 22.8 Å². The maximum Gasteiger partial charge on any atom is 0.416 e. The van der Waals surface area contributed by atoms with Crippen molar-refractivity contribution in [2.24, 2.45) is 0 Å². The van der Waals surface area contributed by atoms with Crippen molar-refractivity contribution in [3.63, 3.8) is 0 Å². The molecule has 0 saturated heterocycles. The minimum absolute atomic E-state index is 0.333. The summed E-state index contributed by atoms with van der Waals surface area (Å²) in [6, 6.07) is -0.0174. The average molecular weight is 279 g/mol. The Labute approximate surface area is 105 Å².